The average molecular weight is 720 g/mol. The quantitative estimate of drug-likeness (QED) is 0.171. The van der Waals surface area contributed by atoms with Crippen LogP contribution in [0, 0.1) is 0 Å². The van der Waals surface area contributed by atoms with E-state index in [-0.39, 0.29) is 5.41 Å². The van der Waals surface area contributed by atoms with Gasteiger partial charge in [-0.05, 0) is 115 Å². The monoisotopic (exact) mass is 719 g/mol. The molecule has 260 valence electrons. The molecule has 1 nitrogen and oxygen atoms in total. The molecule has 0 saturated carbocycles. The van der Waals surface area contributed by atoms with Gasteiger partial charge in [0.1, 0.15) is 0 Å². The first-order valence-electron chi connectivity index (χ1n) is 19.1. The number of nitrogens with zero attached hydrogens (tertiary/aromatic N) is 1. The highest BCUT2D eigenvalue weighted by molar-refractivity contribution is 7.26. The van der Waals surface area contributed by atoms with Gasteiger partial charge in [0, 0.05) is 42.6 Å². The fourth-order valence-electron chi connectivity index (χ4n) is 9.06. The highest BCUT2D eigenvalue weighted by atomic mass is 32.1. The van der Waals surface area contributed by atoms with Gasteiger partial charge in [-0.2, -0.15) is 0 Å². The van der Waals surface area contributed by atoms with Crippen LogP contribution in [0.3, 0.4) is 0 Å². The van der Waals surface area contributed by atoms with Crippen molar-refractivity contribution in [2.75, 3.05) is 4.90 Å². The molecular formula is C53H37NS. The van der Waals surface area contributed by atoms with E-state index < -0.39 is 0 Å². The second-order valence-corrected chi connectivity index (χ2v) is 16.4. The van der Waals surface area contributed by atoms with E-state index in [1.165, 1.54) is 86.2 Å². The molecule has 0 N–H and O–H groups in total. The molecule has 10 aromatic rings. The van der Waals surface area contributed by atoms with Gasteiger partial charge < -0.3 is 4.90 Å². The Morgan fingerprint density at radius 3 is 1.84 bits per heavy atom. The zero-order valence-corrected chi connectivity index (χ0v) is 31.6. The Hall–Kier alpha value is -6.48. The fourth-order valence-corrected chi connectivity index (χ4v) is 10.3. The van der Waals surface area contributed by atoms with Gasteiger partial charge in [-0.1, -0.05) is 153 Å². The predicted octanol–water partition coefficient (Wildman–Crippen LogP) is 15.5. The third-order valence-corrected chi connectivity index (χ3v) is 13.1. The normalized spacial score (nSPS) is 13.1. The van der Waals surface area contributed by atoms with E-state index >= 15 is 0 Å². The average Bonchev–Trinajstić information content (AvgIpc) is 3.73. The van der Waals surface area contributed by atoms with Crippen LogP contribution in [0.15, 0.2) is 188 Å². The molecular weight excluding hydrogens is 683 g/mol. The predicted molar refractivity (Wildman–Crippen MR) is 237 cm³/mol. The topological polar surface area (TPSA) is 3.24 Å². The molecule has 11 rings (SSSR count). The van der Waals surface area contributed by atoms with Gasteiger partial charge >= 0.3 is 0 Å². The van der Waals surface area contributed by atoms with E-state index in [9.17, 15) is 0 Å². The van der Waals surface area contributed by atoms with E-state index in [0.29, 0.717) is 0 Å². The van der Waals surface area contributed by atoms with Crippen molar-refractivity contribution >= 4 is 70.1 Å². The van der Waals surface area contributed by atoms with Crippen molar-refractivity contribution in [1.29, 1.82) is 0 Å². The number of thiophene rings is 1. The molecule has 0 spiro atoms. The summed E-state index contributed by atoms with van der Waals surface area (Å²) >= 11 is 1.89. The van der Waals surface area contributed by atoms with Gasteiger partial charge in [0.2, 0.25) is 0 Å². The number of hydrogen-bond acceptors (Lipinski definition) is 2. The molecule has 0 fully saturated rings. The van der Waals surface area contributed by atoms with E-state index in [4.69, 9.17) is 0 Å². The summed E-state index contributed by atoms with van der Waals surface area (Å²) in [6, 6.07) is 69.6. The van der Waals surface area contributed by atoms with Crippen LogP contribution < -0.4 is 4.90 Å². The first-order valence-corrected chi connectivity index (χ1v) is 19.9. The minimum Gasteiger partial charge on any atom is -0.310 e. The number of fused-ring (bicyclic) bond motifs is 9. The van der Waals surface area contributed by atoms with Crippen LogP contribution in [0.1, 0.15) is 25.0 Å². The van der Waals surface area contributed by atoms with Crippen molar-refractivity contribution in [3.8, 4) is 33.4 Å². The number of benzene rings is 9. The molecule has 0 atom stereocenters. The molecule has 0 radical (unpaired) electrons. The molecule has 9 aromatic carbocycles. The van der Waals surface area contributed by atoms with Crippen LogP contribution in [0.4, 0.5) is 17.1 Å². The molecule has 0 amide bonds. The Morgan fingerprint density at radius 1 is 0.382 bits per heavy atom. The Kier molecular flexibility index (Phi) is 7.14. The lowest BCUT2D eigenvalue weighted by Crippen LogP contribution is -2.15. The largest absolute Gasteiger partial charge is 0.310 e. The zero-order chi connectivity index (χ0) is 36.7. The summed E-state index contributed by atoms with van der Waals surface area (Å²) in [6.07, 6.45) is 0. The summed E-state index contributed by atoms with van der Waals surface area (Å²) in [5.74, 6) is 0. The molecule has 2 heteroatoms. The minimum atomic E-state index is -0.0420. The van der Waals surface area contributed by atoms with Crippen molar-refractivity contribution < 1.29 is 0 Å². The van der Waals surface area contributed by atoms with Crippen molar-refractivity contribution in [2.45, 2.75) is 19.3 Å². The second-order valence-electron chi connectivity index (χ2n) is 15.3. The summed E-state index contributed by atoms with van der Waals surface area (Å²) in [6.45, 7) is 4.69. The standard InChI is InChI=1S/C53H37NS/c1-53(2)49-16-7-5-13-45(49)48-33-41(28-31-50(48)53)54(40-26-20-36(21-27-40)43-15-9-11-35-10-3-4-12-42(35)43)39-24-18-34(19-25-39)37-22-29-44-38(32-37)23-30-47-46-14-6-8-17-51(46)55-52(44)47/h3-33H,1-2H3. The van der Waals surface area contributed by atoms with Crippen molar-refractivity contribution in [3.63, 3.8) is 0 Å². The number of anilines is 3. The summed E-state index contributed by atoms with van der Waals surface area (Å²) < 4.78 is 2.71. The van der Waals surface area contributed by atoms with Gasteiger partial charge in [-0.15, -0.1) is 11.3 Å². The first-order chi connectivity index (χ1) is 27.0. The Morgan fingerprint density at radius 2 is 1.00 bits per heavy atom. The van der Waals surface area contributed by atoms with Crippen LogP contribution >= 0.6 is 11.3 Å². The summed E-state index contributed by atoms with van der Waals surface area (Å²) in [7, 11) is 0. The van der Waals surface area contributed by atoms with Gasteiger partial charge in [-0.3, -0.25) is 0 Å². The maximum absolute atomic E-state index is 2.41. The zero-order valence-electron chi connectivity index (χ0n) is 30.8. The molecule has 55 heavy (non-hydrogen) atoms. The first kappa shape index (κ1) is 32.0. The highest BCUT2D eigenvalue weighted by Gasteiger charge is 2.35. The molecule has 0 saturated heterocycles. The van der Waals surface area contributed by atoms with Gasteiger partial charge in [0.05, 0.1) is 0 Å². The third kappa shape index (κ3) is 5.06. The summed E-state index contributed by atoms with van der Waals surface area (Å²) in [5.41, 5.74) is 13.7. The molecule has 0 aliphatic heterocycles. The van der Waals surface area contributed by atoms with Gasteiger partial charge in [-0.25, -0.2) is 0 Å². The third-order valence-electron chi connectivity index (χ3n) is 11.9. The second kappa shape index (κ2) is 12.3. The van der Waals surface area contributed by atoms with Crippen molar-refractivity contribution in [3.05, 3.63) is 199 Å². The van der Waals surface area contributed by atoms with E-state index in [1.807, 2.05) is 11.3 Å². The van der Waals surface area contributed by atoms with E-state index in [0.717, 1.165) is 17.1 Å². The van der Waals surface area contributed by atoms with Gasteiger partial charge in [0.25, 0.3) is 0 Å². The van der Waals surface area contributed by atoms with Crippen molar-refractivity contribution in [1.82, 2.24) is 0 Å². The SMILES string of the molecule is CC1(C)c2ccccc2-c2cc(N(c3ccc(-c4ccc5c(ccc6c7ccccc7sc56)c4)cc3)c3ccc(-c4cccc5ccccc45)cc3)ccc21. The maximum atomic E-state index is 2.41. The lowest BCUT2D eigenvalue weighted by atomic mass is 9.82. The molecule has 1 heterocycles. The lowest BCUT2D eigenvalue weighted by Gasteiger charge is -2.27. The lowest BCUT2D eigenvalue weighted by molar-refractivity contribution is 0.660. The molecule has 1 aliphatic rings. The van der Waals surface area contributed by atoms with E-state index in [2.05, 4.69) is 207 Å². The Labute approximate surface area is 325 Å². The maximum Gasteiger partial charge on any atom is 0.0468 e. The Bertz CT molecular complexity index is 3110. The van der Waals surface area contributed by atoms with Crippen LogP contribution in [0.2, 0.25) is 0 Å². The Balaban J connectivity index is 1.01. The number of hydrogen-bond donors (Lipinski definition) is 0. The molecule has 1 aliphatic carbocycles. The highest BCUT2D eigenvalue weighted by Crippen LogP contribution is 2.51. The van der Waals surface area contributed by atoms with Crippen LogP contribution in [-0.4, -0.2) is 0 Å². The summed E-state index contributed by atoms with van der Waals surface area (Å²) in [5, 5.41) is 7.80. The molecule has 0 unspecified atom stereocenters. The van der Waals surface area contributed by atoms with E-state index in [1.54, 1.807) is 0 Å². The van der Waals surface area contributed by atoms with Crippen LogP contribution in [0.5, 0.6) is 0 Å². The number of rotatable bonds is 5. The van der Waals surface area contributed by atoms with Crippen molar-refractivity contribution in [2.24, 2.45) is 0 Å². The fraction of sp³-hybridized carbons (Fsp3) is 0.0566. The molecule has 0 bridgehead atoms. The minimum absolute atomic E-state index is 0.0420. The summed E-state index contributed by atoms with van der Waals surface area (Å²) in [4.78, 5) is 2.41. The smallest absolute Gasteiger partial charge is 0.0468 e. The van der Waals surface area contributed by atoms with Crippen LogP contribution in [-0.2, 0) is 5.41 Å². The van der Waals surface area contributed by atoms with Crippen LogP contribution in [0.25, 0.3) is 75.1 Å². The van der Waals surface area contributed by atoms with Gasteiger partial charge in [0.15, 0.2) is 0 Å². The molecule has 1 aromatic heterocycles.